The SMILES string of the molecule is O=C([C@@H]1CN(C(=O)[C@@H]2COc3ccccc3O2)c2ccccc2O1)N1CCOCC1. The first kappa shape index (κ1) is 18.7. The van der Waals surface area contributed by atoms with Crippen molar-refractivity contribution in [3.8, 4) is 17.2 Å². The number of ether oxygens (including phenoxy) is 4. The van der Waals surface area contributed by atoms with Crippen LogP contribution in [0.3, 0.4) is 0 Å². The number of para-hydroxylation sites is 4. The average molecular weight is 410 g/mol. The molecule has 3 heterocycles. The van der Waals surface area contributed by atoms with Crippen molar-refractivity contribution in [3.05, 3.63) is 48.5 Å². The summed E-state index contributed by atoms with van der Waals surface area (Å²) in [5.74, 6) is 1.24. The highest BCUT2D eigenvalue weighted by atomic mass is 16.6. The summed E-state index contributed by atoms with van der Waals surface area (Å²) in [5, 5.41) is 0. The standard InChI is InChI=1S/C22H22N2O6/c25-21(23-9-11-27-12-10-23)19-13-24(15-5-1-2-6-16(15)29-19)22(26)20-14-28-17-7-3-4-8-18(17)30-20/h1-8,19-20H,9-14H2/t19-,20-/m0/s1. The molecule has 0 N–H and O–H groups in total. The summed E-state index contributed by atoms with van der Waals surface area (Å²) in [4.78, 5) is 29.7. The molecule has 1 fully saturated rings. The third-order valence-corrected chi connectivity index (χ3v) is 5.42. The predicted octanol–water partition coefficient (Wildman–Crippen LogP) is 1.48. The second kappa shape index (κ2) is 7.87. The van der Waals surface area contributed by atoms with E-state index in [0.29, 0.717) is 49.2 Å². The molecule has 8 nitrogen and oxygen atoms in total. The maximum atomic E-state index is 13.4. The van der Waals surface area contributed by atoms with Gasteiger partial charge in [0.15, 0.2) is 17.6 Å². The minimum Gasteiger partial charge on any atom is -0.485 e. The molecular weight excluding hydrogens is 388 g/mol. The molecule has 2 atom stereocenters. The Morgan fingerprint density at radius 3 is 2.27 bits per heavy atom. The molecule has 1 saturated heterocycles. The summed E-state index contributed by atoms with van der Waals surface area (Å²) in [5.41, 5.74) is 0.621. The van der Waals surface area contributed by atoms with Crippen LogP contribution in [0.2, 0.25) is 0 Å². The number of carbonyl (C=O) groups is 2. The molecule has 5 rings (SSSR count). The molecule has 2 amide bonds. The van der Waals surface area contributed by atoms with Gasteiger partial charge in [0, 0.05) is 13.1 Å². The lowest BCUT2D eigenvalue weighted by Crippen LogP contribution is -2.56. The Bertz CT molecular complexity index is 958. The van der Waals surface area contributed by atoms with E-state index in [0.717, 1.165) is 0 Å². The summed E-state index contributed by atoms with van der Waals surface area (Å²) < 4.78 is 22.9. The van der Waals surface area contributed by atoms with Gasteiger partial charge in [-0.05, 0) is 24.3 Å². The van der Waals surface area contributed by atoms with Crippen LogP contribution in [0.1, 0.15) is 0 Å². The molecule has 0 unspecified atom stereocenters. The number of carbonyl (C=O) groups excluding carboxylic acids is 2. The molecule has 0 aliphatic carbocycles. The molecular formula is C22H22N2O6. The lowest BCUT2D eigenvalue weighted by Gasteiger charge is -2.38. The lowest BCUT2D eigenvalue weighted by atomic mass is 10.1. The summed E-state index contributed by atoms with van der Waals surface area (Å²) in [6.07, 6.45) is -1.58. The molecule has 156 valence electrons. The molecule has 2 aromatic rings. The Kier molecular flexibility index (Phi) is 4.92. The first-order valence-corrected chi connectivity index (χ1v) is 10.0. The van der Waals surface area contributed by atoms with Crippen molar-refractivity contribution >= 4 is 17.5 Å². The number of benzene rings is 2. The summed E-state index contributed by atoms with van der Waals surface area (Å²) >= 11 is 0. The zero-order valence-electron chi connectivity index (χ0n) is 16.4. The van der Waals surface area contributed by atoms with Gasteiger partial charge in [-0.1, -0.05) is 24.3 Å². The normalized spacial score (nSPS) is 22.7. The van der Waals surface area contributed by atoms with Crippen molar-refractivity contribution in [2.45, 2.75) is 12.2 Å². The second-order valence-electron chi connectivity index (χ2n) is 7.32. The van der Waals surface area contributed by atoms with Gasteiger partial charge in [-0.25, -0.2) is 0 Å². The molecule has 3 aliphatic rings. The van der Waals surface area contributed by atoms with Crippen LogP contribution < -0.4 is 19.1 Å². The number of amides is 2. The fourth-order valence-electron chi connectivity index (χ4n) is 3.87. The van der Waals surface area contributed by atoms with Crippen LogP contribution in [0.5, 0.6) is 17.2 Å². The van der Waals surface area contributed by atoms with Gasteiger partial charge in [-0.15, -0.1) is 0 Å². The van der Waals surface area contributed by atoms with Crippen molar-refractivity contribution in [2.24, 2.45) is 0 Å². The molecule has 0 bridgehead atoms. The zero-order chi connectivity index (χ0) is 20.5. The van der Waals surface area contributed by atoms with Gasteiger partial charge < -0.3 is 28.7 Å². The van der Waals surface area contributed by atoms with Gasteiger partial charge in [0.05, 0.1) is 25.4 Å². The van der Waals surface area contributed by atoms with E-state index in [1.807, 2.05) is 24.3 Å². The number of anilines is 1. The number of hydrogen-bond acceptors (Lipinski definition) is 6. The third-order valence-electron chi connectivity index (χ3n) is 5.42. The quantitative estimate of drug-likeness (QED) is 0.747. The highest BCUT2D eigenvalue weighted by molar-refractivity contribution is 6.00. The van der Waals surface area contributed by atoms with Crippen molar-refractivity contribution in [1.29, 1.82) is 0 Å². The van der Waals surface area contributed by atoms with Crippen molar-refractivity contribution in [1.82, 2.24) is 4.90 Å². The smallest absolute Gasteiger partial charge is 0.271 e. The zero-order valence-corrected chi connectivity index (χ0v) is 16.4. The topological polar surface area (TPSA) is 77.5 Å². The molecule has 0 spiro atoms. The van der Waals surface area contributed by atoms with Crippen molar-refractivity contribution in [3.63, 3.8) is 0 Å². The van der Waals surface area contributed by atoms with Crippen LogP contribution in [0.15, 0.2) is 48.5 Å². The monoisotopic (exact) mass is 410 g/mol. The van der Waals surface area contributed by atoms with Crippen LogP contribution in [-0.2, 0) is 14.3 Å². The Balaban J connectivity index is 1.39. The molecule has 30 heavy (non-hydrogen) atoms. The molecule has 0 radical (unpaired) electrons. The molecule has 8 heteroatoms. The average Bonchev–Trinajstić information content (AvgIpc) is 2.82. The van der Waals surface area contributed by atoms with E-state index in [-0.39, 0.29) is 25.0 Å². The first-order chi connectivity index (χ1) is 14.7. The second-order valence-corrected chi connectivity index (χ2v) is 7.32. The molecule has 3 aliphatic heterocycles. The van der Waals surface area contributed by atoms with Crippen LogP contribution >= 0.6 is 0 Å². The molecule has 0 aromatic heterocycles. The summed E-state index contributed by atoms with van der Waals surface area (Å²) in [7, 11) is 0. The van der Waals surface area contributed by atoms with Crippen LogP contribution in [0.25, 0.3) is 0 Å². The van der Waals surface area contributed by atoms with Gasteiger partial charge in [-0.3, -0.25) is 9.59 Å². The minimum absolute atomic E-state index is 0.109. The van der Waals surface area contributed by atoms with Crippen LogP contribution in [0.4, 0.5) is 5.69 Å². The minimum atomic E-state index is -0.801. The fraction of sp³-hybridized carbons (Fsp3) is 0.364. The van der Waals surface area contributed by atoms with E-state index in [4.69, 9.17) is 18.9 Å². The van der Waals surface area contributed by atoms with E-state index in [2.05, 4.69) is 0 Å². The van der Waals surface area contributed by atoms with Gasteiger partial charge >= 0.3 is 0 Å². The Morgan fingerprint density at radius 1 is 0.800 bits per heavy atom. The summed E-state index contributed by atoms with van der Waals surface area (Å²) in [6, 6.07) is 14.5. The third kappa shape index (κ3) is 3.43. The van der Waals surface area contributed by atoms with Crippen molar-refractivity contribution < 1.29 is 28.5 Å². The van der Waals surface area contributed by atoms with Gasteiger partial charge in [0.25, 0.3) is 11.8 Å². The maximum absolute atomic E-state index is 13.4. The Hall–Kier alpha value is -3.26. The number of rotatable bonds is 2. The van der Waals surface area contributed by atoms with E-state index >= 15 is 0 Å². The highest BCUT2D eigenvalue weighted by Crippen LogP contribution is 2.36. The molecule has 2 aromatic carbocycles. The van der Waals surface area contributed by atoms with E-state index in [1.165, 1.54) is 0 Å². The highest BCUT2D eigenvalue weighted by Gasteiger charge is 2.40. The number of nitrogens with zero attached hydrogens (tertiary/aromatic N) is 2. The Morgan fingerprint density at radius 2 is 1.47 bits per heavy atom. The largest absolute Gasteiger partial charge is 0.485 e. The van der Waals surface area contributed by atoms with Crippen LogP contribution in [-0.4, -0.2) is 68.4 Å². The lowest BCUT2D eigenvalue weighted by molar-refractivity contribution is -0.143. The molecule has 0 saturated carbocycles. The van der Waals surface area contributed by atoms with E-state index in [1.54, 1.807) is 34.1 Å². The van der Waals surface area contributed by atoms with Crippen LogP contribution in [0, 0.1) is 0 Å². The van der Waals surface area contributed by atoms with E-state index in [9.17, 15) is 9.59 Å². The first-order valence-electron chi connectivity index (χ1n) is 10.0. The van der Waals surface area contributed by atoms with Gasteiger partial charge in [-0.2, -0.15) is 0 Å². The van der Waals surface area contributed by atoms with Gasteiger partial charge in [0.1, 0.15) is 12.4 Å². The Labute approximate surface area is 173 Å². The fourth-order valence-corrected chi connectivity index (χ4v) is 3.87. The number of morpholine rings is 1. The summed E-state index contributed by atoms with van der Waals surface area (Å²) in [6.45, 7) is 2.27. The van der Waals surface area contributed by atoms with E-state index < -0.39 is 12.2 Å². The number of fused-ring (bicyclic) bond motifs is 2. The van der Waals surface area contributed by atoms with Crippen molar-refractivity contribution in [2.75, 3.05) is 44.4 Å². The maximum Gasteiger partial charge on any atom is 0.271 e. The van der Waals surface area contributed by atoms with Gasteiger partial charge in [0.2, 0.25) is 6.10 Å². The predicted molar refractivity (Wildman–Crippen MR) is 107 cm³/mol. The number of hydrogen-bond donors (Lipinski definition) is 0.